The second-order valence-corrected chi connectivity index (χ2v) is 5.22. The van der Waals surface area contributed by atoms with Gasteiger partial charge in [-0.15, -0.1) is 0 Å². The normalized spacial score (nSPS) is 17.7. The van der Waals surface area contributed by atoms with Gasteiger partial charge in [0.15, 0.2) is 0 Å². The summed E-state index contributed by atoms with van der Waals surface area (Å²) in [7, 11) is 4.31. The Morgan fingerprint density at radius 2 is 2.17 bits per heavy atom. The van der Waals surface area contributed by atoms with E-state index in [9.17, 15) is 0 Å². The summed E-state index contributed by atoms with van der Waals surface area (Å²) in [5.41, 5.74) is 1.70. The summed E-state index contributed by atoms with van der Waals surface area (Å²) in [6, 6.07) is 5.79. The summed E-state index contributed by atoms with van der Waals surface area (Å²) in [4.78, 5) is 6.31. The van der Waals surface area contributed by atoms with Crippen LogP contribution in [0.1, 0.15) is 31.4 Å². The number of rotatable bonds is 4. The number of pyridine rings is 1. The zero-order valence-electron chi connectivity index (χ0n) is 11.1. The molecule has 1 N–H and O–H groups in total. The second-order valence-electron chi connectivity index (χ2n) is 5.22. The number of nitrogens with zero attached hydrogens (tertiary/aromatic N) is 3. The second kappa shape index (κ2) is 5.36. The first-order valence-corrected chi connectivity index (χ1v) is 6.44. The van der Waals surface area contributed by atoms with Crippen molar-refractivity contribution in [1.82, 2.24) is 9.88 Å². The standard InChI is InChI=1S/C14H20N4/c1-18(2)14(6-3-4-7-14)11-17-12-5-8-16-13(9-12)10-15/h5,8-9H,3-4,6-7,11H2,1-2H3,(H,16,17). The molecular formula is C14H20N4. The molecule has 4 heteroatoms. The average molecular weight is 244 g/mol. The first-order valence-electron chi connectivity index (χ1n) is 6.44. The van der Waals surface area contributed by atoms with Gasteiger partial charge in [0.1, 0.15) is 11.8 Å². The van der Waals surface area contributed by atoms with Crippen molar-refractivity contribution in [2.75, 3.05) is 26.0 Å². The lowest BCUT2D eigenvalue weighted by atomic mass is 9.96. The predicted octanol–water partition coefficient (Wildman–Crippen LogP) is 2.24. The third-order valence-corrected chi connectivity index (χ3v) is 3.98. The molecule has 2 rings (SSSR count). The first-order chi connectivity index (χ1) is 8.66. The van der Waals surface area contributed by atoms with Crippen LogP contribution in [-0.4, -0.2) is 36.1 Å². The van der Waals surface area contributed by atoms with Gasteiger partial charge in [-0.05, 0) is 39.1 Å². The highest BCUT2D eigenvalue weighted by atomic mass is 15.2. The third kappa shape index (κ3) is 2.62. The average Bonchev–Trinajstić information content (AvgIpc) is 2.87. The van der Waals surface area contributed by atoms with Crippen molar-refractivity contribution in [2.24, 2.45) is 0 Å². The van der Waals surface area contributed by atoms with Gasteiger partial charge in [0.25, 0.3) is 0 Å². The van der Waals surface area contributed by atoms with Crippen molar-refractivity contribution in [3.8, 4) is 6.07 Å². The van der Waals surface area contributed by atoms with Crippen molar-refractivity contribution < 1.29 is 0 Å². The van der Waals surface area contributed by atoms with Crippen LogP contribution in [0.3, 0.4) is 0 Å². The van der Waals surface area contributed by atoms with Gasteiger partial charge >= 0.3 is 0 Å². The Kier molecular flexibility index (Phi) is 3.83. The molecule has 1 aromatic rings. The molecule has 0 radical (unpaired) electrons. The molecule has 1 aliphatic rings. The fourth-order valence-corrected chi connectivity index (χ4v) is 2.68. The van der Waals surface area contributed by atoms with E-state index in [2.05, 4.69) is 35.4 Å². The minimum Gasteiger partial charge on any atom is -0.383 e. The molecule has 1 fully saturated rings. The maximum absolute atomic E-state index is 8.83. The van der Waals surface area contributed by atoms with Gasteiger partial charge in [0.05, 0.1) is 0 Å². The molecule has 0 atom stereocenters. The smallest absolute Gasteiger partial charge is 0.142 e. The van der Waals surface area contributed by atoms with E-state index in [-0.39, 0.29) is 5.54 Å². The van der Waals surface area contributed by atoms with E-state index in [1.165, 1.54) is 25.7 Å². The number of nitrogens with one attached hydrogen (secondary N) is 1. The number of nitriles is 1. The maximum atomic E-state index is 8.83. The minimum atomic E-state index is 0.260. The molecular weight excluding hydrogens is 224 g/mol. The Morgan fingerprint density at radius 3 is 2.78 bits per heavy atom. The Morgan fingerprint density at radius 1 is 1.44 bits per heavy atom. The molecule has 1 saturated carbocycles. The number of hydrogen-bond donors (Lipinski definition) is 1. The van der Waals surface area contributed by atoms with Crippen molar-refractivity contribution in [1.29, 1.82) is 5.26 Å². The van der Waals surface area contributed by atoms with E-state index in [0.717, 1.165) is 12.2 Å². The van der Waals surface area contributed by atoms with Crippen LogP contribution in [0.25, 0.3) is 0 Å². The van der Waals surface area contributed by atoms with Crippen molar-refractivity contribution in [2.45, 2.75) is 31.2 Å². The van der Waals surface area contributed by atoms with Gasteiger partial charge in [0.2, 0.25) is 0 Å². The Bertz CT molecular complexity index is 441. The fraction of sp³-hybridized carbons (Fsp3) is 0.571. The van der Waals surface area contributed by atoms with Gasteiger partial charge in [-0.3, -0.25) is 0 Å². The van der Waals surface area contributed by atoms with Crippen LogP contribution in [0.4, 0.5) is 5.69 Å². The van der Waals surface area contributed by atoms with Crippen LogP contribution in [0.15, 0.2) is 18.3 Å². The van der Waals surface area contributed by atoms with Crippen molar-refractivity contribution in [3.63, 3.8) is 0 Å². The highest BCUT2D eigenvalue weighted by Gasteiger charge is 2.35. The van der Waals surface area contributed by atoms with Gasteiger partial charge in [-0.1, -0.05) is 12.8 Å². The van der Waals surface area contributed by atoms with E-state index >= 15 is 0 Å². The zero-order chi connectivity index (χ0) is 13.0. The highest BCUT2D eigenvalue weighted by molar-refractivity contribution is 5.46. The topological polar surface area (TPSA) is 52.0 Å². The molecule has 1 heterocycles. The van der Waals surface area contributed by atoms with Gasteiger partial charge in [-0.25, -0.2) is 4.98 Å². The van der Waals surface area contributed by atoms with Crippen molar-refractivity contribution in [3.05, 3.63) is 24.0 Å². The van der Waals surface area contributed by atoms with Crippen LogP contribution in [0.2, 0.25) is 0 Å². The molecule has 0 saturated heterocycles. The number of aromatic nitrogens is 1. The lowest BCUT2D eigenvalue weighted by Crippen LogP contribution is -2.47. The number of hydrogen-bond acceptors (Lipinski definition) is 4. The summed E-state index contributed by atoms with van der Waals surface area (Å²) in [6.07, 6.45) is 6.77. The molecule has 0 unspecified atom stereocenters. The first kappa shape index (κ1) is 12.8. The molecule has 1 aliphatic carbocycles. The lowest BCUT2D eigenvalue weighted by molar-refractivity contribution is 0.172. The minimum absolute atomic E-state index is 0.260. The number of likely N-dealkylation sites (N-methyl/N-ethyl adjacent to an activating group) is 1. The molecule has 18 heavy (non-hydrogen) atoms. The molecule has 0 aliphatic heterocycles. The van der Waals surface area contributed by atoms with Gasteiger partial charge in [-0.2, -0.15) is 5.26 Å². The monoisotopic (exact) mass is 244 g/mol. The quantitative estimate of drug-likeness (QED) is 0.882. The highest BCUT2D eigenvalue weighted by Crippen LogP contribution is 2.33. The van der Waals surface area contributed by atoms with E-state index in [4.69, 9.17) is 5.26 Å². The molecule has 0 spiro atoms. The molecule has 0 aromatic carbocycles. The Labute approximate surface area is 109 Å². The maximum Gasteiger partial charge on any atom is 0.142 e. The van der Waals surface area contributed by atoms with Gasteiger partial charge in [0, 0.05) is 24.0 Å². The molecule has 96 valence electrons. The summed E-state index contributed by atoms with van der Waals surface area (Å²) in [5, 5.41) is 12.3. The zero-order valence-corrected chi connectivity index (χ0v) is 11.1. The predicted molar refractivity (Wildman–Crippen MR) is 72.3 cm³/mol. The van der Waals surface area contributed by atoms with Crippen LogP contribution in [0, 0.1) is 11.3 Å². The molecule has 4 nitrogen and oxygen atoms in total. The third-order valence-electron chi connectivity index (χ3n) is 3.98. The molecule has 1 aromatic heterocycles. The summed E-state index contributed by atoms with van der Waals surface area (Å²) in [6.45, 7) is 0.925. The largest absolute Gasteiger partial charge is 0.383 e. The van der Waals surface area contributed by atoms with E-state index < -0.39 is 0 Å². The number of anilines is 1. The van der Waals surface area contributed by atoms with Crippen LogP contribution < -0.4 is 5.32 Å². The summed E-state index contributed by atoms with van der Waals surface area (Å²) < 4.78 is 0. The Balaban J connectivity index is 2.04. The fourth-order valence-electron chi connectivity index (χ4n) is 2.68. The van der Waals surface area contributed by atoms with E-state index in [1.54, 1.807) is 12.3 Å². The van der Waals surface area contributed by atoms with E-state index in [0.29, 0.717) is 5.69 Å². The molecule has 0 bridgehead atoms. The van der Waals surface area contributed by atoms with E-state index in [1.807, 2.05) is 6.07 Å². The Hall–Kier alpha value is -1.60. The summed E-state index contributed by atoms with van der Waals surface area (Å²) in [5.74, 6) is 0. The summed E-state index contributed by atoms with van der Waals surface area (Å²) >= 11 is 0. The lowest BCUT2D eigenvalue weighted by Gasteiger charge is -2.36. The van der Waals surface area contributed by atoms with Crippen molar-refractivity contribution >= 4 is 5.69 Å². The van der Waals surface area contributed by atoms with Crippen LogP contribution in [0.5, 0.6) is 0 Å². The van der Waals surface area contributed by atoms with Crippen LogP contribution >= 0.6 is 0 Å². The SMILES string of the molecule is CN(C)C1(CNc2ccnc(C#N)c2)CCCC1. The van der Waals surface area contributed by atoms with Gasteiger partial charge < -0.3 is 10.2 Å². The molecule has 0 amide bonds. The van der Waals surface area contributed by atoms with Crippen LogP contribution in [-0.2, 0) is 0 Å².